The molecular formula is C27H23F2N5O5. The molecule has 0 aromatic heterocycles. The van der Waals surface area contributed by atoms with Crippen LogP contribution in [0, 0.1) is 17.0 Å². The van der Waals surface area contributed by atoms with E-state index in [-0.39, 0.29) is 47.0 Å². The van der Waals surface area contributed by atoms with Crippen LogP contribution in [0.15, 0.2) is 60.7 Å². The van der Waals surface area contributed by atoms with Crippen molar-refractivity contribution >= 4 is 40.9 Å². The summed E-state index contributed by atoms with van der Waals surface area (Å²) in [5, 5.41) is 19.2. The van der Waals surface area contributed by atoms with E-state index in [4.69, 9.17) is 16.2 Å². The number of carbonyl (C=O) groups excluding carboxylic acids is 3. The van der Waals surface area contributed by atoms with Crippen LogP contribution in [-0.2, 0) is 16.1 Å². The third-order valence-corrected chi connectivity index (χ3v) is 6.09. The molecular weight excluding hydrogens is 512 g/mol. The Morgan fingerprint density at radius 1 is 1.00 bits per heavy atom. The van der Waals surface area contributed by atoms with Gasteiger partial charge in [0.25, 0.3) is 11.8 Å². The van der Waals surface area contributed by atoms with Gasteiger partial charge in [-0.1, -0.05) is 18.2 Å². The fourth-order valence-electron chi connectivity index (χ4n) is 4.05. The van der Waals surface area contributed by atoms with E-state index in [9.17, 15) is 28.0 Å². The molecule has 1 aliphatic rings. The van der Waals surface area contributed by atoms with Crippen LogP contribution in [0.3, 0.4) is 0 Å². The van der Waals surface area contributed by atoms with E-state index in [2.05, 4.69) is 5.32 Å². The highest BCUT2D eigenvalue weighted by Crippen LogP contribution is 2.31. The maximum absolute atomic E-state index is 14.4. The molecule has 0 unspecified atom stereocenters. The van der Waals surface area contributed by atoms with Gasteiger partial charge in [0.2, 0.25) is 5.91 Å². The zero-order chi connectivity index (χ0) is 28.3. The van der Waals surface area contributed by atoms with Crippen molar-refractivity contribution in [2.24, 2.45) is 5.73 Å². The second-order valence-corrected chi connectivity index (χ2v) is 8.76. The number of fused-ring (bicyclic) bond motifs is 1. The second-order valence-electron chi connectivity index (χ2n) is 8.76. The van der Waals surface area contributed by atoms with Crippen molar-refractivity contribution in [3.63, 3.8) is 0 Å². The number of nitrogens with two attached hydrogens (primary N) is 1. The predicted octanol–water partition coefficient (Wildman–Crippen LogP) is 2.96. The highest BCUT2D eigenvalue weighted by atomic mass is 19.1. The Morgan fingerprint density at radius 2 is 1.69 bits per heavy atom. The number of nitrogens with zero attached hydrogens (tertiary/aromatic N) is 2. The zero-order valence-electron chi connectivity index (χ0n) is 20.4. The summed E-state index contributed by atoms with van der Waals surface area (Å²) in [5.74, 6) is -4.75. The molecule has 5 N–H and O–H groups in total. The first-order valence-electron chi connectivity index (χ1n) is 11.7. The number of rotatable bonds is 8. The predicted molar refractivity (Wildman–Crippen MR) is 138 cm³/mol. The lowest BCUT2D eigenvalue weighted by Gasteiger charge is -2.23. The van der Waals surface area contributed by atoms with Gasteiger partial charge in [0, 0.05) is 35.0 Å². The number of hydrogen-bond acceptors (Lipinski definition) is 5. The van der Waals surface area contributed by atoms with Crippen LogP contribution in [0.4, 0.5) is 20.2 Å². The minimum atomic E-state index is -1.17. The molecule has 0 spiro atoms. The SMILES string of the molecule is N=C(N)c1ccc(C(=O)Nc2ccc3c(c2)C(=O)N(CCC(=O)O)CC(=O)N3Cc2ccc(F)cc2F)cc1. The summed E-state index contributed by atoms with van der Waals surface area (Å²) in [4.78, 5) is 52.7. The molecule has 4 rings (SSSR count). The zero-order valence-corrected chi connectivity index (χ0v) is 20.4. The van der Waals surface area contributed by atoms with Gasteiger partial charge < -0.3 is 26.0 Å². The van der Waals surface area contributed by atoms with Gasteiger partial charge in [-0.05, 0) is 36.4 Å². The maximum Gasteiger partial charge on any atom is 0.305 e. The summed E-state index contributed by atoms with van der Waals surface area (Å²) in [7, 11) is 0. The standard InChI is InChI=1S/C27H23F2N5O5/c28-18-6-5-17(21(29)11-18)13-34-22-8-7-19(32-26(38)16-3-1-15(2-4-16)25(30)31)12-20(22)27(39)33(14-23(34)35)10-9-24(36)37/h1-8,11-12H,9-10,13-14H2,(H3,30,31)(H,32,38)(H,36,37). The van der Waals surface area contributed by atoms with Crippen LogP contribution >= 0.6 is 0 Å². The monoisotopic (exact) mass is 535 g/mol. The van der Waals surface area contributed by atoms with Crippen LogP contribution < -0.4 is 16.0 Å². The van der Waals surface area contributed by atoms with Gasteiger partial charge >= 0.3 is 5.97 Å². The third kappa shape index (κ3) is 6.06. The summed E-state index contributed by atoms with van der Waals surface area (Å²) >= 11 is 0. The normalized spacial score (nSPS) is 13.1. The Kier molecular flexibility index (Phi) is 7.65. The topological polar surface area (TPSA) is 157 Å². The Morgan fingerprint density at radius 3 is 2.33 bits per heavy atom. The number of hydrogen-bond donors (Lipinski definition) is 4. The number of anilines is 2. The Hall–Kier alpha value is -5.13. The van der Waals surface area contributed by atoms with E-state index in [1.165, 1.54) is 48.5 Å². The van der Waals surface area contributed by atoms with Gasteiger partial charge in [-0.15, -0.1) is 0 Å². The Balaban J connectivity index is 1.69. The molecule has 0 saturated carbocycles. The van der Waals surface area contributed by atoms with Crippen molar-refractivity contribution in [3.8, 4) is 0 Å². The van der Waals surface area contributed by atoms with Crippen LogP contribution in [0.5, 0.6) is 0 Å². The number of nitrogen functional groups attached to an aromatic ring is 1. The van der Waals surface area contributed by atoms with E-state index in [1.54, 1.807) is 0 Å². The number of carboxylic acids is 1. The summed E-state index contributed by atoms with van der Waals surface area (Å²) < 4.78 is 27.8. The van der Waals surface area contributed by atoms with Gasteiger partial charge in [0.05, 0.1) is 24.2 Å². The highest BCUT2D eigenvalue weighted by molar-refractivity contribution is 6.11. The molecule has 0 atom stereocenters. The number of amidine groups is 1. The lowest BCUT2D eigenvalue weighted by Crippen LogP contribution is -2.40. The summed E-state index contributed by atoms with van der Waals surface area (Å²) in [6.07, 6.45) is -0.409. The van der Waals surface area contributed by atoms with Crippen molar-refractivity contribution < 1.29 is 33.1 Å². The fourth-order valence-corrected chi connectivity index (χ4v) is 4.05. The number of aliphatic carboxylic acids is 1. The first kappa shape index (κ1) is 26.9. The molecule has 39 heavy (non-hydrogen) atoms. The van der Waals surface area contributed by atoms with Crippen molar-refractivity contribution in [3.05, 3.63) is 94.6 Å². The lowest BCUT2D eigenvalue weighted by molar-refractivity contribution is -0.137. The molecule has 1 aliphatic heterocycles. The molecule has 0 radical (unpaired) electrons. The maximum atomic E-state index is 14.4. The number of carbonyl (C=O) groups is 4. The number of nitrogens with one attached hydrogen (secondary N) is 2. The quantitative estimate of drug-likeness (QED) is 0.257. The fraction of sp³-hybridized carbons (Fsp3) is 0.148. The summed E-state index contributed by atoms with van der Waals surface area (Å²) in [6.45, 7) is -1.03. The minimum Gasteiger partial charge on any atom is -0.481 e. The molecule has 0 bridgehead atoms. The van der Waals surface area contributed by atoms with Crippen LogP contribution in [0.1, 0.15) is 38.3 Å². The molecule has 12 heteroatoms. The van der Waals surface area contributed by atoms with E-state index in [0.717, 1.165) is 15.9 Å². The van der Waals surface area contributed by atoms with E-state index in [0.29, 0.717) is 11.6 Å². The first-order valence-corrected chi connectivity index (χ1v) is 11.7. The van der Waals surface area contributed by atoms with Crippen LogP contribution in [0.25, 0.3) is 0 Å². The third-order valence-electron chi connectivity index (χ3n) is 6.09. The van der Waals surface area contributed by atoms with Crippen LogP contribution in [-0.4, -0.2) is 52.6 Å². The summed E-state index contributed by atoms with van der Waals surface area (Å²) in [6, 6.07) is 13.1. The highest BCUT2D eigenvalue weighted by Gasteiger charge is 2.32. The molecule has 3 aromatic rings. The van der Waals surface area contributed by atoms with Gasteiger partial charge in [-0.25, -0.2) is 8.78 Å². The van der Waals surface area contributed by atoms with Crippen molar-refractivity contribution in [1.82, 2.24) is 4.90 Å². The number of carboxylic acid groups (broad SMARTS) is 1. The number of amides is 3. The molecule has 0 saturated heterocycles. The second kappa shape index (κ2) is 11.1. The molecule has 200 valence electrons. The average Bonchev–Trinajstić information content (AvgIpc) is 2.99. The van der Waals surface area contributed by atoms with Crippen LogP contribution in [0.2, 0.25) is 0 Å². The van der Waals surface area contributed by atoms with Gasteiger partial charge in [-0.3, -0.25) is 24.6 Å². The molecule has 10 nitrogen and oxygen atoms in total. The van der Waals surface area contributed by atoms with Gasteiger partial charge in [0.15, 0.2) is 0 Å². The minimum absolute atomic E-state index is 0.00789. The van der Waals surface area contributed by atoms with E-state index >= 15 is 0 Å². The molecule has 3 amide bonds. The number of benzene rings is 3. The Labute approximate surface area is 221 Å². The molecule has 0 aliphatic carbocycles. The lowest BCUT2D eigenvalue weighted by atomic mass is 10.1. The van der Waals surface area contributed by atoms with E-state index < -0.39 is 48.3 Å². The van der Waals surface area contributed by atoms with E-state index in [1.807, 2.05) is 0 Å². The molecule has 3 aromatic carbocycles. The average molecular weight is 536 g/mol. The van der Waals surface area contributed by atoms with Crippen molar-refractivity contribution in [1.29, 1.82) is 5.41 Å². The van der Waals surface area contributed by atoms with Gasteiger partial charge in [-0.2, -0.15) is 0 Å². The Bertz CT molecular complexity index is 1490. The van der Waals surface area contributed by atoms with Gasteiger partial charge in [0.1, 0.15) is 24.0 Å². The molecule has 1 heterocycles. The molecule has 0 fully saturated rings. The largest absolute Gasteiger partial charge is 0.481 e. The summed E-state index contributed by atoms with van der Waals surface area (Å²) in [5.41, 5.74) is 6.45. The van der Waals surface area contributed by atoms with Crippen molar-refractivity contribution in [2.45, 2.75) is 13.0 Å². The van der Waals surface area contributed by atoms with Crippen molar-refractivity contribution in [2.75, 3.05) is 23.3 Å². The smallest absolute Gasteiger partial charge is 0.305 e. The first-order chi connectivity index (χ1) is 18.5. The number of halogens is 2.